The highest BCUT2D eigenvalue weighted by Crippen LogP contribution is 2.38. The molecule has 0 unspecified atom stereocenters. The van der Waals surface area contributed by atoms with E-state index in [1.807, 2.05) is 47.0 Å². The van der Waals surface area contributed by atoms with E-state index in [1.165, 1.54) is 16.9 Å². The lowest BCUT2D eigenvalue weighted by Crippen LogP contribution is -2.08. The fourth-order valence-corrected chi connectivity index (χ4v) is 6.72. The molecule has 0 aliphatic heterocycles. The number of fused-ring (bicyclic) bond motifs is 2. The van der Waals surface area contributed by atoms with Gasteiger partial charge in [0.15, 0.2) is 11.6 Å². The van der Waals surface area contributed by atoms with Gasteiger partial charge in [-0.25, -0.2) is 4.98 Å². The fraction of sp³-hybridized carbons (Fsp3) is 0.105. The largest absolute Gasteiger partial charge is 0.454 e. The lowest BCUT2D eigenvalue weighted by atomic mass is 9.91. The Balaban J connectivity index is 1.23. The highest BCUT2D eigenvalue weighted by atomic mass is 32.1. The third-order valence-corrected chi connectivity index (χ3v) is 9.14. The standard InChI is InChI=1S/C38H29N5OS/c1-24(2)25-17-19-26(20-18-25)33-21-22-34(44-33)32-23-30(29-15-9-10-16-31(29)39-32)37-42-43-36(40-41-38(43)45-37)35(27-11-5-3-6-12-27)28-13-7-4-8-14-28/h3-24,35H,1-2H3. The van der Waals surface area contributed by atoms with E-state index in [9.17, 15) is 0 Å². The first-order valence-electron chi connectivity index (χ1n) is 15.0. The van der Waals surface area contributed by atoms with Crippen molar-refractivity contribution in [1.82, 2.24) is 24.8 Å². The number of pyridine rings is 1. The summed E-state index contributed by atoms with van der Waals surface area (Å²) in [6.45, 7) is 4.40. The van der Waals surface area contributed by atoms with Crippen LogP contribution in [0, 0.1) is 0 Å². The maximum absolute atomic E-state index is 6.38. The molecule has 8 aromatic rings. The van der Waals surface area contributed by atoms with Crippen LogP contribution in [0.3, 0.4) is 0 Å². The van der Waals surface area contributed by atoms with Crippen molar-refractivity contribution in [1.29, 1.82) is 0 Å². The quantitative estimate of drug-likeness (QED) is 0.181. The summed E-state index contributed by atoms with van der Waals surface area (Å²) in [5.41, 5.74) is 7.23. The van der Waals surface area contributed by atoms with E-state index in [1.54, 1.807) is 0 Å². The topological polar surface area (TPSA) is 69.1 Å². The van der Waals surface area contributed by atoms with E-state index in [0.29, 0.717) is 11.7 Å². The predicted octanol–water partition coefficient (Wildman–Crippen LogP) is 9.63. The third-order valence-electron chi connectivity index (χ3n) is 8.21. The molecule has 0 aliphatic carbocycles. The molecule has 4 aromatic heterocycles. The Labute approximate surface area is 264 Å². The van der Waals surface area contributed by atoms with Crippen LogP contribution >= 0.6 is 11.3 Å². The molecule has 0 amide bonds. The molecule has 45 heavy (non-hydrogen) atoms. The molecule has 218 valence electrons. The van der Waals surface area contributed by atoms with E-state index in [2.05, 4.69) is 109 Å². The average Bonchev–Trinajstić information content (AvgIpc) is 3.83. The molecule has 0 aliphatic rings. The molecular formula is C38H29N5OS. The molecule has 6 nitrogen and oxygen atoms in total. The zero-order valence-electron chi connectivity index (χ0n) is 24.8. The normalized spacial score (nSPS) is 11.7. The lowest BCUT2D eigenvalue weighted by molar-refractivity contribution is 0.595. The monoisotopic (exact) mass is 603 g/mol. The second-order valence-corrected chi connectivity index (χ2v) is 12.4. The summed E-state index contributed by atoms with van der Waals surface area (Å²) in [5, 5.41) is 16.2. The van der Waals surface area contributed by atoms with Crippen molar-refractivity contribution in [3.8, 4) is 33.3 Å². The second kappa shape index (κ2) is 11.3. The Morgan fingerprint density at radius 2 is 1.33 bits per heavy atom. The number of rotatable bonds is 7. The second-order valence-electron chi connectivity index (χ2n) is 11.4. The van der Waals surface area contributed by atoms with Crippen molar-refractivity contribution in [2.45, 2.75) is 25.7 Å². The van der Waals surface area contributed by atoms with Gasteiger partial charge in [0.25, 0.3) is 0 Å². The Morgan fingerprint density at radius 3 is 2.04 bits per heavy atom. The van der Waals surface area contributed by atoms with Gasteiger partial charge in [-0.2, -0.15) is 9.61 Å². The van der Waals surface area contributed by atoms with Gasteiger partial charge in [0, 0.05) is 16.5 Å². The van der Waals surface area contributed by atoms with Crippen LogP contribution in [0.5, 0.6) is 0 Å². The van der Waals surface area contributed by atoms with E-state index in [0.717, 1.165) is 60.4 Å². The highest BCUT2D eigenvalue weighted by Gasteiger charge is 2.25. The van der Waals surface area contributed by atoms with Crippen LogP contribution in [0.1, 0.15) is 48.2 Å². The molecule has 4 aromatic carbocycles. The van der Waals surface area contributed by atoms with Crippen molar-refractivity contribution >= 4 is 27.2 Å². The van der Waals surface area contributed by atoms with E-state index in [4.69, 9.17) is 14.5 Å². The Kier molecular flexibility index (Phi) is 6.80. The molecule has 8 rings (SSSR count). The number of nitrogens with zero attached hydrogens (tertiary/aromatic N) is 5. The Morgan fingerprint density at radius 1 is 0.667 bits per heavy atom. The Hall–Kier alpha value is -5.40. The summed E-state index contributed by atoms with van der Waals surface area (Å²) in [6.07, 6.45) is 0. The van der Waals surface area contributed by atoms with Gasteiger partial charge in [-0.3, -0.25) is 0 Å². The molecule has 0 N–H and O–H groups in total. The molecule has 4 heterocycles. The molecule has 7 heteroatoms. The van der Waals surface area contributed by atoms with Gasteiger partial charge < -0.3 is 4.42 Å². The third kappa shape index (κ3) is 5.01. The molecule has 0 spiro atoms. The lowest BCUT2D eigenvalue weighted by Gasteiger charge is -2.15. The SMILES string of the molecule is CC(C)c1ccc(-c2ccc(-c3cc(-c4nn5c(C(c6ccccc6)c6ccccc6)nnc5s4)c4ccccc4n3)o2)cc1. The summed E-state index contributed by atoms with van der Waals surface area (Å²) in [7, 11) is 0. The van der Waals surface area contributed by atoms with Gasteiger partial charge in [-0.05, 0) is 46.9 Å². The predicted molar refractivity (Wildman–Crippen MR) is 180 cm³/mol. The summed E-state index contributed by atoms with van der Waals surface area (Å²) in [6, 6.07) is 43.6. The number of aromatic nitrogens is 5. The van der Waals surface area contributed by atoms with Crippen molar-refractivity contribution < 1.29 is 4.42 Å². The van der Waals surface area contributed by atoms with Gasteiger partial charge in [-0.15, -0.1) is 10.2 Å². The molecule has 0 atom stereocenters. The van der Waals surface area contributed by atoms with Crippen LogP contribution < -0.4 is 0 Å². The molecule has 0 saturated carbocycles. The minimum absolute atomic E-state index is 0.113. The molecule has 0 radical (unpaired) electrons. The van der Waals surface area contributed by atoms with Crippen LogP contribution in [-0.4, -0.2) is 24.8 Å². The minimum Gasteiger partial charge on any atom is -0.454 e. The van der Waals surface area contributed by atoms with Crippen LogP contribution in [0.2, 0.25) is 0 Å². The van der Waals surface area contributed by atoms with Gasteiger partial charge in [0.2, 0.25) is 4.96 Å². The van der Waals surface area contributed by atoms with Gasteiger partial charge in [0.1, 0.15) is 16.5 Å². The van der Waals surface area contributed by atoms with Crippen LogP contribution in [0.25, 0.3) is 49.2 Å². The summed E-state index contributed by atoms with van der Waals surface area (Å²) >= 11 is 1.52. The zero-order chi connectivity index (χ0) is 30.3. The van der Waals surface area contributed by atoms with Gasteiger partial charge >= 0.3 is 0 Å². The van der Waals surface area contributed by atoms with Crippen molar-refractivity contribution in [2.24, 2.45) is 0 Å². The van der Waals surface area contributed by atoms with Crippen molar-refractivity contribution in [3.05, 3.63) is 150 Å². The summed E-state index contributed by atoms with van der Waals surface area (Å²) < 4.78 is 8.28. The van der Waals surface area contributed by atoms with Crippen molar-refractivity contribution in [3.63, 3.8) is 0 Å². The maximum atomic E-state index is 6.38. The molecule has 0 fully saturated rings. The molecule has 0 saturated heterocycles. The number of benzene rings is 4. The van der Waals surface area contributed by atoms with E-state index in [-0.39, 0.29) is 5.92 Å². The van der Waals surface area contributed by atoms with Gasteiger partial charge in [-0.1, -0.05) is 128 Å². The van der Waals surface area contributed by atoms with Gasteiger partial charge in [0.05, 0.1) is 11.4 Å². The first kappa shape index (κ1) is 27.2. The number of furan rings is 1. The first-order valence-corrected chi connectivity index (χ1v) is 15.9. The molecular weight excluding hydrogens is 575 g/mol. The average molecular weight is 604 g/mol. The first-order chi connectivity index (χ1) is 22.1. The summed E-state index contributed by atoms with van der Waals surface area (Å²) in [5.74, 6) is 2.67. The molecule has 0 bridgehead atoms. The van der Waals surface area contributed by atoms with Crippen molar-refractivity contribution in [2.75, 3.05) is 0 Å². The highest BCUT2D eigenvalue weighted by molar-refractivity contribution is 7.19. The number of hydrogen-bond donors (Lipinski definition) is 0. The van der Waals surface area contributed by atoms with E-state index >= 15 is 0 Å². The zero-order valence-corrected chi connectivity index (χ0v) is 25.6. The number of para-hydroxylation sites is 1. The van der Waals surface area contributed by atoms with E-state index < -0.39 is 0 Å². The van der Waals surface area contributed by atoms with Crippen LogP contribution in [0.4, 0.5) is 0 Å². The smallest absolute Gasteiger partial charge is 0.235 e. The summed E-state index contributed by atoms with van der Waals surface area (Å²) in [4.78, 5) is 5.73. The fourth-order valence-electron chi connectivity index (χ4n) is 5.84. The minimum atomic E-state index is -0.113. The number of hydrogen-bond acceptors (Lipinski definition) is 6. The van der Waals surface area contributed by atoms with Crippen LogP contribution in [0.15, 0.2) is 132 Å². The van der Waals surface area contributed by atoms with Crippen LogP contribution in [-0.2, 0) is 0 Å². The maximum Gasteiger partial charge on any atom is 0.235 e. The Bertz CT molecular complexity index is 2210.